The van der Waals surface area contributed by atoms with Gasteiger partial charge in [-0.25, -0.2) is 9.59 Å². The van der Waals surface area contributed by atoms with Gasteiger partial charge in [0, 0.05) is 5.56 Å². The van der Waals surface area contributed by atoms with Crippen LogP contribution in [-0.2, 0) is 19.0 Å². The van der Waals surface area contributed by atoms with E-state index in [9.17, 15) is 9.59 Å². The average Bonchev–Trinajstić information content (AvgIpc) is 3.18. The van der Waals surface area contributed by atoms with E-state index in [0.717, 1.165) is 21.9 Å². The molecule has 1 fully saturated rings. The van der Waals surface area contributed by atoms with Gasteiger partial charge in [-0.05, 0) is 37.1 Å². The Bertz CT molecular complexity index is 1120. The molecule has 3 aromatic rings. The van der Waals surface area contributed by atoms with Crippen LogP contribution in [0.1, 0.15) is 44.2 Å². The molecule has 1 saturated heterocycles. The zero-order chi connectivity index (χ0) is 22.9. The van der Waals surface area contributed by atoms with Crippen molar-refractivity contribution in [3.8, 4) is 0 Å². The van der Waals surface area contributed by atoms with Crippen LogP contribution in [0.4, 0.5) is 4.79 Å². The number of carbonyl (C=O) groups is 2. The number of carbonyl (C=O) groups excluding carboxylic acids is 2. The summed E-state index contributed by atoms with van der Waals surface area (Å²) in [7, 11) is 1.32. The number of nitrogens with zero attached hydrogens (tertiary/aromatic N) is 1. The first-order valence-electron chi connectivity index (χ1n) is 10.6. The van der Waals surface area contributed by atoms with Crippen molar-refractivity contribution in [2.75, 3.05) is 7.11 Å². The van der Waals surface area contributed by atoms with Crippen LogP contribution in [0.25, 0.3) is 10.8 Å². The summed E-state index contributed by atoms with van der Waals surface area (Å²) in [5.41, 5.74) is 0.822. The fraction of sp³-hybridized carbons (Fsp3) is 0.308. The Balaban J connectivity index is 1.89. The molecular weight excluding hydrogens is 406 g/mol. The first-order valence-corrected chi connectivity index (χ1v) is 10.6. The monoisotopic (exact) mass is 433 g/mol. The predicted octanol–water partition coefficient (Wildman–Crippen LogP) is 5.39. The van der Waals surface area contributed by atoms with Crippen LogP contribution in [0, 0.1) is 0 Å². The lowest BCUT2D eigenvalue weighted by Crippen LogP contribution is -2.40. The summed E-state index contributed by atoms with van der Waals surface area (Å²) in [4.78, 5) is 27.8. The molecule has 0 bridgehead atoms. The Morgan fingerprint density at radius 3 is 2.25 bits per heavy atom. The number of hydrogen-bond acceptors (Lipinski definition) is 5. The van der Waals surface area contributed by atoms with E-state index in [1.165, 1.54) is 12.0 Å². The average molecular weight is 434 g/mol. The van der Waals surface area contributed by atoms with Crippen LogP contribution in [0.2, 0.25) is 0 Å². The summed E-state index contributed by atoms with van der Waals surface area (Å²) < 4.78 is 17.1. The van der Waals surface area contributed by atoms with E-state index < -0.39 is 36.0 Å². The highest BCUT2D eigenvalue weighted by molar-refractivity contribution is 5.87. The molecule has 0 saturated carbocycles. The largest absolute Gasteiger partial charge is 0.467 e. The van der Waals surface area contributed by atoms with Crippen molar-refractivity contribution in [3.63, 3.8) is 0 Å². The van der Waals surface area contributed by atoms with Crippen molar-refractivity contribution < 1.29 is 23.8 Å². The first kappa shape index (κ1) is 21.8. The second kappa shape index (κ2) is 8.63. The summed E-state index contributed by atoms with van der Waals surface area (Å²) in [5, 5.41) is 1.95. The molecule has 1 heterocycles. The van der Waals surface area contributed by atoms with E-state index in [4.69, 9.17) is 14.2 Å². The molecule has 6 heteroatoms. The van der Waals surface area contributed by atoms with Crippen LogP contribution < -0.4 is 0 Å². The maximum absolute atomic E-state index is 13.5. The first-order chi connectivity index (χ1) is 15.3. The Morgan fingerprint density at radius 1 is 0.906 bits per heavy atom. The third-order valence-corrected chi connectivity index (χ3v) is 5.38. The maximum Gasteiger partial charge on any atom is 0.413 e. The Hall–Kier alpha value is -3.38. The number of benzene rings is 3. The number of esters is 1. The minimum Gasteiger partial charge on any atom is -0.467 e. The molecule has 0 aliphatic carbocycles. The van der Waals surface area contributed by atoms with E-state index in [-0.39, 0.29) is 0 Å². The van der Waals surface area contributed by atoms with Gasteiger partial charge < -0.3 is 14.2 Å². The van der Waals surface area contributed by atoms with E-state index in [2.05, 4.69) is 0 Å². The standard InChI is InChI=1S/C26H27NO5/c1-26(2,3)32-25(29)27-21(18-12-6-5-7-13-18)22(24(28)30-4)31-23(27)20-16-10-14-17-11-8-9-15-19(17)20/h5-16,21-23H,1-4H3/t21-,22+,23?/m0/s1. The third-order valence-electron chi connectivity index (χ3n) is 5.38. The molecule has 32 heavy (non-hydrogen) atoms. The molecule has 4 rings (SSSR count). The molecule has 3 aromatic carbocycles. The lowest BCUT2D eigenvalue weighted by atomic mass is 9.99. The fourth-order valence-electron chi connectivity index (χ4n) is 4.07. The van der Waals surface area contributed by atoms with Gasteiger partial charge in [-0.2, -0.15) is 0 Å². The molecule has 1 aliphatic rings. The fourth-order valence-corrected chi connectivity index (χ4v) is 4.07. The van der Waals surface area contributed by atoms with Crippen LogP contribution in [0.15, 0.2) is 72.8 Å². The van der Waals surface area contributed by atoms with Gasteiger partial charge in [0.15, 0.2) is 12.3 Å². The van der Waals surface area contributed by atoms with Gasteiger partial charge in [-0.3, -0.25) is 4.90 Å². The lowest BCUT2D eigenvalue weighted by Gasteiger charge is -2.32. The van der Waals surface area contributed by atoms with Crippen LogP contribution >= 0.6 is 0 Å². The Morgan fingerprint density at radius 2 is 1.56 bits per heavy atom. The number of hydrogen-bond donors (Lipinski definition) is 0. The summed E-state index contributed by atoms with van der Waals surface area (Å²) in [6, 6.07) is 22.3. The molecule has 166 valence electrons. The normalized spacial score (nSPS) is 20.9. The molecule has 3 atom stereocenters. The van der Waals surface area contributed by atoms with Gasteiger partial charge >= 0.3 is 12.1 Å². The second-order valence-corrected chi connectivity index (χ2v) is 8.74. The zero-order valence-electron chi connectivity index (χ0n) is 18.6. The highest BCUT2D eigenvalue weighted by Crippen LogP contribution is 2.45. The van der Waals surface area contributed by atoms with Gasteiger partial charge in [0.25, 0.3) is 0 Å². The smallest absolute Gasteiger partial charge is 0.413 e. The van der Waals surface area contributed by atoms with Crippen LogP contribution in [-0.4, -0.2) is 35.8 Å². The highest BCUT2D eigenvalue weighted by atomic mass is 16.6. The Kier molecular flexibility index (Phi) is 5.89. The topological polar surface area (TPSA) is 65.1 Å². The van der Waals surface area contributed by atoms with Crippen molar-refractivity contribution in [2.24, 2.45) is 0 Å². The van der Waals surface area contributed by atoms with Gasteiger partial charge in [0.05, 0.1) is 7.11 Å². The van der Waals surface area contributed by atoms with Gasteiger partial charge in [-0.1, -0.05) is 72.8 Å². The molecule has 1 unspecified atom stereocenters. The van der Waals surface area contributed by atoms with Crippen molar-refractivity contribution in [1.29, 1.82) is 0 Å². The molecule has 1 aliphatic heterocycles. The summed E-state index contributed by atoms with van der Waals surface area (Å²) in [6.45, 7) is 5.43. The molecule has 0 N–H and O–H groups in total. The van der Waals surface area contributed by atoms with Crippen molar-refractivity contribution in [1.82, 2.24) is 4.90 Å². The van der Waals surface area contributed by atoms with Crippen molar-refractivity contribution in [3.05, 3.63) is 83.9 Å². The lowest BCUT2D eigenvalue weighted by molar-refractivity contribution is -0.154. The number of fused-ring (bicyclic) bond motifs is 1. The molecule has 0 aromatic heterocycles. The van der Waals surface area contributed by atoms with Gasteiger partial charge in [0.1, 0.15) is 11.6 Å². The van der Waals surface area contributed by atoms with Crippen LogP contribution in [0.5, 0.6) is 0 Å². The predicted molar refractivity (Wildman–Crippen MR) is 121 cm³/mol. The van der Waals surface area contributed by atoms with E-state index in [1.807, 2.05) is 93.6 Å². The quantitative estimate of drug-likeness (QED) is 0.518. The number of rotatable bonds is 3. The molecule has 1 amide bonds. The summed E-state index contributed by atoms with van der Waals surface area (Å²) >= 11 is 0. The summed E-state index contributed by atoms with van der Waals surface area (Å²) in [6.07, 6.45) is -2.39. The van der Waals surface area contributed by atoms with E-state index in [0.29, 0.717) is 0 Å². The Labute approximate surface area is 187 Å². The van der Waals surface area contributed by atoms with Gasteiger partial charge in [-0.15, -0.1) is 0 Å². The number of amides is 1. The number of ether oxygens (including phenoxy) is 3. The molecule has 0 radical (unpaired) electrons. The molecule has 0 spiro atoms. The van der Waals surface area contributed by atoms with Crippen LogP contribution in [0.3, 0.4) is 0 Å². The maximum atomic E-state index is 13.5. The van der Waals surface area contributed by atoms with Gasteiger partial charge in [0.2, 0.25) is 0 Å². The zero-order valence-corrected chi connectivity index (χ0v) is 18.6. The van der Waals surface area contributed by atoms with Crippen molar-refractivity contribution in [2.45, 2.75) is 44.7 Å². The van der Waals surface area contributed by atoms with Crippen molar-refractivity contribution >= 4 is 22.8 Å². The summed E-state index contributed by atoms with van der Waals surface area (Å²) in [5.74, 6) is -0.546. The minimum atomic E-state index is -1.00. The minimum absolute atomic E-state index is 0.546. The third kappa shape index (κ3) is 4.18. The highest BCUT2D eigenvalue weighted by Gasteiger charge is 2.51. The van der Waals surface area contributed by atoms with E-state index >= 15 is 0 Å². The second-order valence-electron chi connectivity index (χ2n) is 8.74. The number of methoxy groups -OCH3 is 1. The molecular formula is C26H27NO5. The molecule has 6 nitrogen and oxygen atoms in total. The SMILES string of the molecule is COC(=O)[C@@H]1OC(c2cccc3ccccc23)N(C(=O)OC(C)(C)C)[C@H]1c1ccccc1. The van der Waals surface area contributed by atoms with E-state index in [1.54, 1.807) is 0 Å².